The maximum atomic E-state index is 12.6. The minimum Gasteiger partial charge on any atom is -0.342 e. The predicted molar refractivity (Wildman–Crippen MR) is 113 cm³/mol. The molecule has 1 heterocycles. The van der Waals surface area contributed by atoms with E-state index in [0.29, 0.717) is 5.56 Å². The van der Waals surface area contributed by atoms with E-state index in [1.165, 1.54) is 11.1 Å². The molecule has 0 saturated carbocycles. The van der Waals surface area contributed by atoms with E-state index >= 15 is 0 Å². The summed E-state index contributed by atoms with van der Waals surface area (Å²) >= 11 is 1.66. The van der Waals surface area contributed by atoms with Crippen LogP contribution in [0.25, 0.3) is 0 Å². The van der Waals surface area contributed by atoms with Gasteiger partial charge in [0.05, 0.1) is 6.04 Å². The Kier molecular flexibility index (Phi) is 6.52. The summed E-state index contributed by atoms with van der Waals surface area (Å²) in [5.74, 6) is 1.52. The van der Waals surface area contributed by atoms with Crippen LogP contribution in [0.4, 0.5) is 0 Å². The first-order valence-electron chi connectivity index (χ1n) is 9.47. The number of benzene rings is 2. The second-order valence-corrected chi connectivity index (χ2v) is 7.81. The highest BCUT2D eigenvalue weighted by atomic mass is 32.2. The molecule has 0 aliphatic rings. The number of amides is 1. The molecule has 1 amide bonds. The molecule has 0 unspecified atom stereocenters. The number of aryl methyl sites for hydroxylation is 2. The van der Waals surface area contributed by atoms with Gasteiger partial charge in [0.15, 0.2) is 11.0 Å². The summed E-state index contributed by atoms with van der Waals surface area (Å²) in [6, 6.07) is 15.9. The predicted octanol–water partition coefficient (Wildman–Crippen LogP) is 4.70. The molecule has 0 aliphatic heterocycles. The Balaban J connectivity index is 1.70. The van der Waals surface area contributed by atoms with Gasteiger partial charge in [-0.1, -0.05) is 59.8 Å². The molecular formula is C22H26N4OS. The van der Waals surface area contributed by atoms with Gasteiger partial charge in [0.25, 0.3) is 5.91 Å². The molecule has 146 valence electrons. The number of aromatic nitrogens is 3. The van der Waals surface area contributed by atoms with E-state index in [9.17, 15) is 4.79 Å². The van der Waals surface area contributed by atoms with Crippen LogP contribution in [0.3, 0.4) is 0 Å². The SMILES string of the molecule is CCn1c(SCc2ccc(C)cc2)nnc1[C@@H](C)NC(=O)c1ccccc1C. The zero-order valence-corrected chi connectivity index (χ0v) is 17.6. The fourth-order valence-corrected chi connectivity index (χ4v) is 3.99. The van der Waals surface area contributed by atoms with Gasteiger partial charge in [-0.25, -0.2) is 0 Å². The molecule has 1 aromatic heterocycles. The first-order valence-corrected chi connectivity index (χ1v) is 10.5. The molecule has 0 bridgehead atoms. The van der Waals surface area contributed by atoms with Crippen LogP contribution in [0.15, 0.2) is 53.7 Å². The molecular weight excluding hydrogens is 368 g/mol. The molecule has 0 spiro atoms. The Morgan fingerprint density at radius 1 is 1.11 bits per heavy atom. The van der Waals surface area contributed by atoms with Crippen LogP contribution in [0.2, 0.25) is 0 Å². The molecule has 0 saturated heterocycles. The van der Waals surface area contributed by atoms with Crippen LogP contribution in [0, 0.1) is 13.8 Å². The molecule has 5 nitrogen and oxygen atoms in total. The first-order chi connectivity index (χ1) is 13.5. The lowest BCUT2D eigenvalue weighted by atomic mass is 10.1. The van der Waals surface area contributed by atoms with E-state index in [-0.39, 0.29) is 11.9 Å². The lowest BCUT2D eigenvalue weighted by molar-refractivity contribution is 0.0937. The molecule has 3 aromatic rings. The third-order valence-corrected chi connectivity index (χ3v) is 5.71. The second-order valence-electron chi connectivity index (χ2n) is 6.87. The smallest absolute Gasteiger partial charge is 0.252 e. The number of rotatable bonds is 7. The summed E-state index contributed by atoms with van der Waals surface area (Å²) in [5.41, 5.74) is 4.15. The number of nitrogens with zero attached hydrogens (tertiary/aromatic N) is 3. The summed E-state index contributed by atoms with van der Waals surface area (Å²) in [7, 11) is 0. The lowest BCUT2D eigenvalue weighted by Gasteiger charge is -2.16. The highest BCUT2D eigenvalue weighted by Crippen LogP contribution is 2.24. The second kappa shape index (κ2) is 9.06. The molecule has 3 rings (SSSR count). The van der Waals surface area contributed by atoms with Crippen LogP contribution in [-0.2, 0) is 12.3 Å². The van der Waals surface area contributed by atoms with Crippen molar-refractivity contribution in [1.82, 2.24) is 20.1 Å². The van der Waals surface area contributed by atoms with Crippen molar-refractivity contribution < 1.29 is 4.79 Å². The van der Waals surface area contributed by atoms with Crippen molar-refractivity contribution in [2.45, 2.75) is 51.2 Å². The molecule has 1 atom stereocenters. The Hall–Kier alpha value is -2.60. The van der Waals surface area contributed by atoms with Gasteiger partial charge in [0.2, 0.25) is 0 Å². The van der Waals surface area contributed by atoms with E-state index in [1.54, 1.807) is 11.8 Å². The van der Waals surface area contributed by atoms with Crippen molar-refractivity contribution in [3.8, 4) is 0 Å². The molecule has 0 fully saturated rings. The van der Waals surface area contributed by atoms with Gasteiger partial charge in [-0.2, -0.15) is 0 Å². The third kappa shape index (κ3) is 4.62. The third-order valence-electron chi connectivity index (χ3n) is 4.67. The van der Waals surface area contributed by atoms with E-state index in [2.05, 4.69) is 58.2 Å². The molecule has 0 aliphatic carbocycles. The standard InChI is InChI=1S/C22H26N4OS/c1-5-26-20(17(4)23-21(27)19-9-7-6-8-16(19)3)24-25-22(26)28-14-18-12-10-15(2)11-13-18/h6-13,17H,5,14H2,1-4H3,(H,23,27)/t17-/m1/s1. The quantitative estimate of drug-likeness (QED) is 0.590. The number of hydrogen-bond acceptors (Lipinski definition) is 4. The normalized spacial score (nSPS) is 12.0. The average Bonchev–Trinajstić information content (AvgIpc) is 3.11. The number of hydrogen-bond donors (Lipinski definition) is 1. The minimum absolute atomic E-state index is 0.0925. The van der Waals surface area contributed by atoms with Crippen molar-refractivity contribution in [2.24, 2.45) is 0 Å². The Labute approximate surface area is 170 Å². The van der Waals surface area contributed by atoms with Gasteiger partial charge in [0.1, 0.15) is 0 Å². The van der Waals surface area contributed by atoms with E-state index in [0.717, 1.165) is 28.8 Å². The van der Waals surface area contributed by atoms with Crippen LogP contribution in [-0.4, -0.2) is 20.7 Å². The molecule has 2 aromatic carbocycles. The van der Waals surface area contributed by atoms with Crippen molar-refractivity contribution in [1.29, 1.82) is 0 Å². The van der Waals surface area contributed by atoms with E-state index in [1.807, 2.05) is 38.1 Å². The molecule has 6 heteroatoms. The van der Waals surface area contributed by atoms with Gasteiger partial charge < -0.3 is 9.88 Å². The fraction of sp³-hybridized carbons (Fsp3) is 0.318. The Bertz CT molecular complexity index is 949. The van der Waals surface area contributed by atoms with Crippen LogP contribution < -0.4 is 5.32 Å². The fourth-order valence-electron chi connectivity index (χ4n) is 3.02. The van der Waals surface area contributed by atoms with Crippen LogP contribution in [0.5, 0.6) is 0 Å². The number of nitrogens with one attached hydrogen (secondary N) is 1. The molecule has 1 N–H and O–H groups in total. The summed E-state index contributed by atoms with van der Waals surface area (Å²) in [5, 5.41) is 12.6. The molecule has 28 heavy (non-hydrogen) atoms. The summed E-state index contributed by atoms with van der Waals surface area (Å²) in [4.78, 5) is 12.6. The largest absolute Gasteiger partial charge is 0.342 e. The van der Waals surface area contributed by atoms with Crippen molar-refractivity contribution in [3.63, 3.8) is 0 Å². The average molecular weight is 395 g/mol. The van der Waals surface area contributed by atoms with Crippen LogP contribution >= 0.6 is 11.8 Å². The lowest BCUT2D eigenvalue weighted by Crippen LogP contribution is -2.29. The van der Waals surface area contributed by atoms with Crippen LogP contribution in [0.1, 0.15) is 52.8 Å². The van der Waals surface area contributed by atoms with Gasteiger partial charge in [-0.05, 0) is 44.9 Å². The highest BCUT2D eigenvalue weighted by molar-refractivity contribution is 7.98. The van der Waals surface area contributed by atoms with Gasteiger partial charge in [0, 0.05) is 17.9 Å². The first kappa shape index (κ1) is 20.1. The number of carbonyl (C=O) groups excluding carboxylic acids is 1. The topological polar surface area (TPSA) is 59.8 Å². The van der Waals surface area contributed by atoms with E-state index in [4.69, 9.17) is 0 Å². The summed E-state index contributed by atoms with van der Waals surface area (Å²) < 4.78 is 2.07. The maximum Gasteiger partial charge on any atom is 0.252 e. The van der Waals surface area contributed by atoms with Crippen molar-refractivity contribution >= 4 is 17.7 Å². The van der Waals surface area contributed by atoms with E-state index < -0.39 is 0 Å². The molecule has 0 radical (unpaired) electrons. The van der Waals surface area contributed by atoms with Gasteiger partial charge in [-0.15, -0.1) is 10.2 Å². The maximum absolute atomic E-state index is 12.6. The Morgan fingerprint density at radius 2 is 1.82 bits per heavy atom. The number of carbonyl (C=O) groups is 1. The summed E-state index contributed by atoms with van der Waals surface area (Å²) in [6.07, 6.45) is 0. The Morgan fingerprint density at radius 3 is 2.50 bits per heavy atom. The monoisotopic (exact) mass is 394 g/mol. The van der Waals surface area contributed by atoms with Gasteiger partial charge in [-0.3, -0.25) is 4.79 Å². The summed E-state index contributed by atoms with van der Waals surface area (Å²) in [6.45, 7) is 8.79. The number of thioether (sulfide) groups is 1. The van der Waals surface area contributed by atoms with Crippen molar-refractivity contribution in [2.75, 3.05) is 0 Å². The zero-order chi connectivity index (χ0) is 20.1. The minimum atomic E-state index is -0.228. The van der Waals surface area contributed by atoms with Gasteiger partial charge >= 0.3 is 0 Å². The zero-order valence-electron chi connectivity index (χ0n) is 16.8. The highest BCUT2D eigenvalue weighted by Gasteiger charge is 2.20. The van der Waals surface area contributed by atoms with Crippen molar-refractivity contribution in [3.05, 3.63) is 76.6 Å².